The average molecular weight is 301 g/mol. The number of hydrogen-bond acceptors (Lipinski definition) is 7. The zero-order chi connectivity index (χ0) is 13.8. The van der Waals surface area contributed by atoms with E-state index in [1.54, 1.807) is 7.05 Å². The van der Waals surface area contributed by atoms with Crippen LogP contribution in [-0.2, 0) is 6.61 Å². The van der Waals surface area contributed by atoms with Crippen LogP contribution in [-0.4, -0.2) is 22.2 Å². The summed E-state index contributed by atoms with van der Waals surface area (Å²) in [4.78, 5) is 10.3. The molecule has 7 nitrogen and oxygen atoms in total. The zero-order valence-electron chi connectivity index (χ0n) is 9.79. The van der Waals surface area contributed by atoms with Crippen molar-refractivity contribution in [3.8, 4) is 5.75 Å². The highest BCUT2D eigenvalue weighted by atomic mass is 35.5. The minimum atomic E-state index is -0.523. The number of nitro groups is 1. The van der Waals surface area contributed by atoms with Gasteiger partial charge in [0, 0.05) is 24.2 Å². The van der Waals surface area contributed by atoms with Crippen molar-refractivity contribution in [2.45, 2.75) is 6.61 Å². The van der Waals surface area contributed by atoms with Gasteiger partial charge in [-0.2, -0.15) is 0 Å². The van der Waals surface area contributed by atoms with E-state index in [1.807, 2.05) is 0 Å². The number of anilines is 1. The molecule has 0 radical (unpaired) electrons. The third-order valence-electron chi connectivity index (χ3n) is 2.15. The molecule has 0 bridgehead atoms. The highest BCUT2D eigenvalue weighted by Crippen LogP contribution is 2.30. The molecule has 0 amide bonds. The van der Waals surface area contributed by atoms with Gasteiger partial charge in [-0.05, 0) is 6.07 Å². The number of benzene rings is 1. The first-order chi connectivity index (χ1) is 9.10. The van der Waals surface area contributed by atoms with Gasteiger partial charge in [0.15, 0.2) is 10.8 Å². The topological polar surface area (TPSA) is 90.2 Å². The minimum Gasteiger partial charge on any atom is -0.479 e. The quantitative estimate of drug-likeness (QED) is 0.674. The van der Waals surface area contributed by atoms with Gasteiger partial charge in [0.25, 0.3) is 0 Å². The fourth-order valence-corrected chi connectivity index (χ4v) is 2.08. The molecule has 0 saturated carbocycles. The maximum atomic E-state index is 10.8. The monoisotopic (exact) mass is 300 g/mol. The Kier molecular flexibility index (Phi) is 4.13. The molecule has 100 valence electrons. The number of nitrogens with one attached hydrogen (secondary N) is 1. The standard InChI is InChI=1S/C10H9ClN4O3S/c1-12-10-14-13-9(19-10)5-18-8-4-6(11)2-3-7(8)15(16)17/h2-4H,5H2,1H3,(H,12,14). The molecule has 2 rings (SSSR count). The zero-order valence-corrected chi connectivity index (χ0v) is 11.4. The Morgan fingerprint density at radius 2 is 2.32 bits per heavy atom. The van der Waals surface area contributed by atoms with Gasteiger partial charge in [-0.3, -0.25) is 10.1 Å². The van der Waals surface area contributed by atoms with E-state index in [1.165, 1.54) is 29.5 Å². The van der Waals surface area contributed by atoms with Crippen molar-refractivity contribution in [2.24, 2.45) is 0 Å². The molecule has 0 saturated heterocycles. The second kappa shape index (κ2) is 5.81. The highest BCUT2D eigenvalue weighted by Gasteiger charge is 2.16. The molecule has 1 heterocycles. The summed E-state index contributed by atoms with van der Waals surface area (Å²) in [6, 6.07) is 4.15. The Morgan fingerprint density at radius 3 is 2.95 bits per heavy atom. The van der Waals surface area contributed by atoms with Crippen molar-refractivity contribution in [2.75, 3.05) is 12.4 Å². The van der Waals surface area contributed by atoms with E-state index in [4.69, 9.17) is 16.3 Å². The van der Waals surface area contributed by atoms with Crippen LogP contribution in [0.3, 0.4) is 0 Å². The summed E-state index contributed by atoms with van der Waals surface area (Å²) in [5.74, 6) is 0.110. The van der Waals surface area contributed by atoms with Gasteiger partial charge >= 0.3 is 5.69 Å². The van der Waals surface area contributed by atoms with Crippen molar-refractivity contribution >= 4 is 33.8 Å². The Morgan fingerprint density at radius 1 is 1.53 bits per heavy atom. The van der Waals surface area contributed by atoms with Gasteiger partial charge in [0.05, 0.1) is 4.92 Å². The van der Waals surface area contributed by atoms with Crippen LogP contribution in [0.4, 0.5) is 10.8 Å². The van der Waals surface area contributed by atoms with E-state index >= 15 is 0 Å². The lowest BCUT2D eigenvalue weighted by atomic mass is 10.3. The van der Waals surface area contributed by atoms with E-state index in [0.29, 0.717) is 15.2 Å². The highest BCUT2D eigenvalue weighted by molar-refractivity contribution is 7.15. The average Bonchev–Trinajstić information content (AvgIpc) is 2.84. The third-order valence-corrected chi connectivity index (χ3v) is 3.30. The van der Waals surface area contributed by atoms with E-state index < -0.39 is 4.92 Å². The molecule has 19 heavy (non-hydrogen) atoms. The summed E-state index contributed by atoms with van der Waals surface area (Å²) in [5, 5.41) is 23.0. The maximum Gasteiger partial charge on any atom is 0.311 e. The van der Waals surface area contributed by atoms with E-state index in [0.717, 1.165) is 0 Å². The molecule has 0 aliphatic heterocycles. The fraction of sp³-hybridized carbons (Fsp3) is 0.200. The Bertz CT molecular complexity index is 604. The van der Waals surface area contributed by atoms with Crippen LogP contribution < -0.4 is 10.1 Å². The molecule has 9 heteroatoms. The van der Waals surface area contributed by atoms with Crippen LogP contribution in [0.25, 0.3) is 0 Å². The number of nitrogens with zero attached hydrogens (tertiary/aromatic N) is 3. The van der Waals surface area contributed by atoms with Crippen molar-refractivity contribution < 1.29 is 9.66 Å². The van der Waals surface area contributed by atoms with E-state index in [2.05, 4.69) is 15.5 Å². The van der Waals surface area contributed by atoms with Crippen molar-refractivity contribution in [3.63, 3.8) is 0 Å². The molecule has 0 unspecified atom stereocenters. The van der Waals surface area contributed by atoms with E-state index in [-0.39, 0.29) is 18.0 Å². The lowest BCUT2D eigenvalue weighted by Crippen LogP contribution is -1.98. The predicted octanol–water partition coefficient (Wildman–Crippen LogP) is 2.72. The molecule has 1 aromatic carbocycles. The first kappa shape index (κ1) is 13.5. The normalized spacial score (nSPS) is 10.2. The minimum absolute atomic E-state index is 0.0977. The van der Waals surface area contributed by atoms with Crippen LogP contribution in [0.5, 0.6) is 5.75 Å². The van der Waals surface area contributed by atoms with Gasteiger partial charge in [-0.1, -0.05) is 22.9 Å². The first-order valence-electron chi connectivity index (χ1n) is 5.17. The maximum absolute atomic E-state index is 10.8. The number of nitro benzene ring substituents is 1. The van der Waals surface area contributed by atoms with Crippen LogP contribution in [0, 0.1) is 10.1 Å². The summed E-state index contributed by atoms with van der Waals surface area (Å²) in [6.07, 6.45) is 0. The molecule has 0 spiro atoms. The van der Waals surface area contributed by atoms with E-state index in [9.17, 15) is 10.1 Å². The van der Waals surface area contributed by atoms with Gasteiger partial charge in [0.1, 0.15) is 6.61 Å². The SMILES string of the molecule is CNc1nnc(COc2cc(Cl)ccc2[N+](=O)[O-])s1. The Labute approximate surface area is 117 Å². The van der Waals surface area contributed by atoms with Crippen LogP contribution in [0.1, 0.15) is 5.01 Å². The molecule has 1 aromatic heterocycles. The summed E-state index contributed by atoms with van der Waals surface area (Å²) < 4.78 is 5.38. The van der Waals surface area contributed by atoms with Gasteiger partial charge in [0.2, 0.25) is 5.13 Å². The smallest absolute Gasteiger partial charge is 0.311 e. The second-order valence-corrected chi connectivity index (χ2v) is 4.91. The molecule has 0 fully saturated rings. The Hall–Kier alpha value is -1.93. The van der Waals surface area contributed by atoms with Crippen LogP contribution in [0.2, 0.25) is 5.02 Å². The summed E-state index contributed by atoms with van der Waals surface area (Å²) in [7, 11) is 1.73. The van der Waals surface area contributed by atoms with Gasteiger partial charge in [-0.25, -0.2) is 0 Å². The third kappa shape index (κ3) is 3.30. The molecular formula is C10H9ClN4O3S. The number of halogens is 1. The second-order valence-electron chi connectivity index (χ2n) is 3.41. The summed E-state index contributed by atoms with van der Waals surface area (Å²) in [5.41, 5.74) is -0.136. The number of aromatic nitrogens is 2. The van der Waals surface area contributed by atoms with Gasteiger partial charge in [-0.15, -0.1) is 10.2 Å². The molecule has 2 aromatic rings. The van der Waals surface area contributed by atoms with Crippen LogP contribution >= 0.6 is 22.9 Å². The Balaban J connectivity index is 2.14. The van der Waals surface area contributed by atoms with Crippen molar-refractivity contribution in [3.05, 3.63) is 38.3 Å². The first-order valence-corrected chi connectivity index (χ1v) is 6.36. The van der Waals surface area contributed by atoms with Gasteiger partial charge < -0.3 is 10.1 Å². The number of ether oxygens (including phenoxy) is 1. The largest absolute Gasteiger partial charge is 0.479 e. The molecule has 0 aliphatic rings. The summed E-state index contributed by atoms with van der Waals surface area (Å²) >= 11 is 7.10. The lowest BCUT2D eigenvalue weighted by molar-refractivity contribution is -0.385. The molecular weight excluding hydrogens is 292 g/mol. The summed E-state index contributed by atoms with van der Waals surface area (Å²) in [6.45, 7) is 0.0977. The van der Waals surface area contributed by atoms with Crippen LogP contribution in [0.15, 0.2) is 18.2 Å². The number of hydrogen-bond donors (Lipinski definition) is 1. The fourth-order valence-electron chi connectivity index (χ4n) is 1.31. The molecule has 0 atom stereocenters. The lowest BCUT2D eigenvalue weighted by Gasteiger charge is -2.04. The van der Waals surface area contributed by atoms with Crippen molar-refractivity contribution in [1.82, 2.24) is 10.2 Å². The number of rotatable bonds is 5. The van der Waals surface area contributed by atoms with Crippen molar-refractivity contribution in [1.29, 1.82) is 0 Å². The molecule has 1 N–H and O–H groups in total. The predicted molar refractivity (Wildman–Crippen MR) is 71.9 cm³/mol. The molecule has 0 aliphatic carbocycles.